The Morgan fingerprint density at radius 2 is 2.05 bits per heavy atom. The molecule has 1 unspecified atom stereocenters. The van der Waals surface area contributed by atoms with Crippen LogP contribution in [0.2, 0.25) is 0 Å². The lowest BCUT2D eigenvalue weighted by Gasteiger charge is -2.29. The molecule has 0 spiro atoms. The van der Waals surface area contributed by atoms with Crippen molar-refractivity contribution in [2.24, 2.45) is 0 Å². The predicted octanol–water partition coefficient (Wildman–Crippen LogP) is 2.06. The van der Waals surface area contributed by atoms with E-state index in [1.807, 2.05) is 19.2 Å². The minimum atomic E-state index is 0.546. The number of nitrogens with zero attached hydrogens (tertiary/aromatic N) is 2. The fourth-order valence-electron chi connectivity index (χ4n) is 2.56. The van der Waals surface area contributed by atoms with Gasteiger partial charge in [-0.15, -0.1) is 0 Å². The maximum absolute atomic E-state index is 5.90. The second kappa shape index (κ2) is 9.77. The van der Waals surface area contributed by atoms with E-state index in [4.69, 9.17) is 4.74 Å². The molecule has 0 saturated carbocycles. The van der Waals surface area contributed by atoms with Crippen molar-refractivity contribution in [1.82, 2.24) is 15.1 Å². The van der Waals surface area contributed by atoms with E-state index in [2.05, 4.69) is 55.2 Å². The van der Waals surface area contributed by atoms with Crippen LogP contribution in [0.25, 0.3) is 0 Å². The van der Waals surface area contributed by atoms with E-state index < -0.39 is 0 Å². The number of ether oxygens (including phenoxy) is 1. The zero-order valence-corrected chi connectivity index (χ0v) is 14.2. The zero-order chi connectivity index (χ0) is 15.7. The second-order valence-electron chi connectivity index (χ2n) is 5.77. The molecule has 0 fully saturated rings. The molecule has 0 saturated heterocycles. The molecular weight excluding hydrogens is 262 g/mol. The van der Waals surface area contributed by atoms with Gasteiger partial charge >= 0.3 is 0 Å². The van der Waals surface area contributed by atoms with Crippen molar-refractivity contribution in [2.75, 3.05) is 47.4 Å². The Morgan fingerprint density at radius 3 is 2.67 bits per heavy atom. The van der Waals surface area contributed by atoms with Crippen LogP contribution in [-0.4, -0.2) is 63.2 Å². The number of benzene rings is 1. The highest BCUT2D eigenvalue weighted by molar-refractivity contribution is 5.28. The van der Waals surface area contributed by atoms with Crippen LogP contribution in [0.1, 0.15) is 19.4 Å². The molecule has 1 N–H and O–H groups in total. The van der Waals surface area contributed by atoms with E-state index in [1.54, 1.807) is 0 Å². The Morgan fingerprint density at radius 1 is 1.29 bits per heavy atom. The van der Waals surface area contributed by atoms with Crippen LogP contribution >= 0.6 is 0 Å². The van der Waals surface area contributed by atoms with Crippen molar-refractivity contribution in [3.63, 3.8) is 0 Å². The Balaban J connectivity index is 2.42. The number of nitrogens with one attached hydrogen (secondary N) is 1. The summed E-state index contributed by atoms with van der Waals surface area (Å²) in [5.74, 6) is 0.957. The van der Waals surface area contributed by atoms with Crippen molar-refractivity contribution in [2.45, 2.75) is 26.4 Å². The lowest BCUT2D eigenvalue weighted by molar-refractivity contribution is 0.152. The highest BCUT2D eigenvalue weighted by Gasteiger charge is 2.12. The first-order valence-electron chi connectivity index (χ1n) is 7.82. The summed E-state index contributed by atoms with van der Waals surface area (Å²) in [5, 5.41) is 3.16. The summed E-state index contributed by atoms with van der Waals surface area (Å²) in [5.41, 5.74) is 1.25. The lowest BCUT2D eigenvalue weighted by Crippen LogP contribution is -2.41. The number of likely N-dealkylation sites (N-methyl/N-ethyl adjacent to an activating group) is 2. The topological polar surface area (TPSA) is 27.7 Å². The van der Waals surface area contributed by atoms with Crippen molar-refractivity contribution in [3.05, 3.63) is 29.8 Å². The number of rotatable bonds is 10. The quantitative estimate of drug-likeness (QED) is 0.714. The van der Waals surface area contributed by atoms with E-state index in [0.717, 1.165) is 38.5 Å². The van der Waals surface area contributed by atoms with E-state index >= 15 is 0 Å². The third kappa shape index (κ3) is 6.93. The molecule has 1 atom stereocenters. The van der Waals surface area contributed by atoms with Crippen LogP contribution in [0.5, 0.6) is 5.75 Å². The van der Waals surface area contributed by atoms with Gasteiger partial charge in [-0.05, 0) is 52.3 Å². The molecule has 0 aromatic heterocycles. The molecule has 21 heavy (non-hydrogen) atoms. The molecule has 0 bridgehead atoms. The molecule has 1 aromatic carbocycles. The molecule has 1 rings (SSSR count). The smallest absolute Gasteiger partial charge is 0.119 e. The number of hydrogen-bond donors (Lipinski definition) is 1. The van der Waals surface area contributed by atoms with Gasteiger partial charge in [0.1, 0.15) is 12.4 Å². The van der Waals surface area contributed by atoms with Gasteiger partial charge < -0.3 is 15.0 Å². The van der Waals surface area contributed by atoms with Gasteiger partial charge in [0.25, 0.3) is 0 Å². The van der Waals surface area contributed by atoms with Crippen LogP contribution in [-0.2, 0) is 6.54 Å². The molecule has 0 heterocycles. The molecule has 0 radical (unpaired) electrons. The van der Waals surface area contributed by atoms with Crippen molar-refractivity contribution >= 4 is 0 Å². The standard InChI is InChI=1S/C17H31N3O/c1-6-20(15(2)14-19(4)5)10-11-21-17-9-7-8-16(12-17)13-18-3/h7-9,12,15,18H,6,10-11,13-14H2,1-5H3. The average Bonchev–Trinajstić information content (AvgIpc) is 2.43. The van der Waals surface area contributed by atoms with Crippen molar-refractivity contribution in [1.29, 1.82) is 0 Å². The second-order valence-corrected chi connectivity index (χ2v) is 5.77. The van der Waals surface area contributed by atoms with Crippen LogP contribution in [0.3, 0.4) is 0 Å². The minimum absolute atomic E-state index is 0.546. The monoisotopic (exact) mass is 293 g/mol. The van der Waals surface area contributed by atoms with Gasteiger partial charge in [-0.3, -0.25) is 4.90 Å². The largest absolute Gasteiger partial charge is 0.492 e. The third-order valence-corrected chi connectivity index (χ3v) is 3.59. The first kappa shape index (κ1) is 18.0. The highest BCUT2D eigenvalue weighted by Crippen LogP contribution is 2.13. The van der Waals surface area contributed by atoms with E-state index in [0.29, 0.717) is 6.04 Å². The number of hydrogen-bond acceptors (Lipinski definition) is 4. The summed E-state index contributed by atoms with van der Waals surface area (Å²) >= 11 is 0. The Labute approximate surface area is 130 Å². The minimum Gasteiger partial charge on any atom is -0.492 e. The maximum Gasteiger partial charge on any atom is 0.119 e. The normalized spacial score (nSPS) is 12.9. The van der Waals surface area contributed by atoms with Gasteiger partial charge in [-0.1, -0.05) is 19.1 Å². The molecule has 0 aliphatic rings. The van der Waals surface area contributed by atoms with Crippen LogP contribution < -0.4 is 10.1 Å². The highest BCUT2D eigenvalue weighted by atomic mass is 16.5. The maximum atomic E-state index is 5.90. The SMILES string of the molecule is CCN(CCOc1cccc(CNC)c1)C(C)CN(C)C. The Hall–Kier alpha value is -1.10. The van der Waals surface area contributed by atoms with Crippen LogP contribution in [0.15, 0.2) is 24.3 Å². The van der Waals surface area contributed by atoms with Gasteiger partial charge in [0, 0.05) is 25.7 Å². The van der Waals surface area contributed by atoms with Gasteiger partial charge in [0.05, 0.1) is 0 Å². The van der Waals surface area contributed by atoms with E-state index in [9.17, 15) is 0 Å². The summed E-state index contributed by atoms with van der Waals surface area (Å²) in [6.45, 7) is 9.18. The van der Waals surface area contributed by atoms with Crippen molar-refractivity contribution < 1.29 is 4.74 Å². The van der Waals surface area contributed by atoms with Crippen LogP contribution in [0.4, 0.5) is 0 Å². The van der Waals surface area contributed by atoms with Crippen molar-refractivity contribution in [3.8, 4) is 5.75 Å². The molecule has 4 heteroatoms. The van der Waals surface area contributed by atoms with E-state index in [-0.39, 0.29) is 0 Å². The fraction of sp³-hybridized carbons (Fsp3) is 0.647. The summed E-state index contributed by atoms with van der Waals surface area (Å²) in [4.78, 5) is 4.69. The summed E-state index contributed by atoms with van der Waals surface area (Å²) in [6.07, 6.45) is 0. The Bertz CT molecular complexity index is 395. The fourth-order valence-corrected chi connectivity index (χ4v) is 2.56. The van der Waals surface area contributed by atoms with Gasteiger partial charge in [0.15, 0.2) is 0 Å². The van der Waals surface area contributed by atoms with Crippen LogP contribution in [0, 0.1) is 0 Å². The average molecular weight is 293 g/mol. The lowest BCUT2D eigenvalue weighted by atomic mass is 10.2. The van der Waals surface area contributed by atoms with Gasteiger partial charge in [-0.25, -0.2) is 0 Å². The Kier molecular flexibility index (Phi) is 8.35. The summed E-state index contributed by atoms with van der Waals surface area (Å²) < 4.78 is 5.90. The molecule has 4 nitrogen and oxygen atoms in total. The van der Waals surface area contributed by atoms with Gasteiger partial charge in [-0.2, -0.15) is 0 Å². The molecule has 1 aromatic rings. The molecule has 0 aliphatic heterocycles. The molecule has 0 aliphatic carbocycles. The first-order chi connectivity index (χ1) is 10.1. The molecule has 0 amide bonds. The third-order valence-electron chi connectivity index (χ3n) is 3.59. The van der Waals surface area contributed by atoms with Gasteiger partial charge in [0.2, 0.25) is 0 Å². The molecular formula is C17H31N3O. The van der Waals surface area contributed by atoms with E-state index in [1.165, 1.54) is 5.56 Å². The molecule has 120 valence electrons. The predicted molar refractivity (Wildman–Crippen MR) is 90.0 cm³/mol. The first-order valence-corrected chi connectivity index (χ1v) is 7.82. The summed E-state index contributed by atoms with van der Waals surface area (Å²) in [7, 11) is 6.20. The zero-order valence-electron chi connectivity index (χ0n) is 14.2. The summed E-state index contributed by atoms with van der Waals surface area (Å²) in [6, 6.07) is 8.84.